The maximum absolute atomic E-state index is 12.0. The highest BCUT2D eigenvalue weighted by Gasteiger charge is 2.16. The van der Waals surface area contributed by atoms with Gasteiger partial charge in [0, 0.05) is 10.8 Å². The molecular formula is C19H20N2O3. The standard InChI is InChI=1S/C19H20N2O3/c1-12(2)5-4-6-13(3)9-10-24-14-7-8-15-16(11-14)19(23)17(21-20)18(15)22/h5,7-9,11H,4,6,10H2,1-3H3/b13-9+. The van der Waals surface area contributed by atoms with E-state index in [9.17, 15) is 9.59 Å². The van der Waals surface area contributed by atoms with E-state index in [1.807, 2.05) is 6.08 Å². The molecule has 0 unspecified atom stereocenters. The van der Waals surface area contributed by atoms with E-state index in [1.54, 1.807) is 6.07 Å². The predicted octanol–water partition coefficient (Wildman–Crippen LogP) is 2.64. The molecule has 0 saturated heterocycles. The van der Waals surface area contributed by atoms with Gasteiger partial charge in [-0.1, -0.05) is 17.2 Å². The van der Waals surface area contributed by atoms with Crippen LogP contribution in [-0.2, 0) is 0 Å². The number of benzene rings is 1. The maximum Gasteiger partial charge on any atom is 0.410 e. The van der Waals surface area contributed by atoms with Gasteiger partial charge in [-0.15, -0.1) is 0 Å². The molecule has 0 amide bonds. The first kappa shape index (κ1) is 17.6. The second kappa shape index (κ2) is 7.66. The lowest BCUT2D eigenvalue weighted by molar-refractivity contribution is -0.0674. The number of allylic oxidation sites excluding steroid dienone is 3. The summed E-state index contributed by atoms with van der Waals surface area (Å²) in [7, 11) is 0. The van der Waals surface area contributed by atoms with Crippen molar-refractivity contribution in [1.82, 2.24) is 0 Å². The average Bonchev–Trinajstić information content (AvgIpc) is 2.77. The van der Waals surface area contributed by atoms with E-state index in [2.05, 4.69) is 31.6 Å². The lowest BCUT2D eigenvalue weighted by Gasteiger charge is -2.04. The van der Waals surface area contributed by atoms with Gasteiger partial charge in [0.1, 0.15) is 12.4 Å². The Morgan fingerprint density at radius 2 is 1.83 bits per heavy atom. The summed E-state index contributed by atoms with van der Waals surface area (Å²) < 4.78 is 5.62. The van der Waals surface area contributed by atoms with Gasteiger partial charge < -0.3 is 10.3 Å². The Balaban J connectivity index is 2.10. The fraction of sp³-hybridized carbons (Fsp3) is 0.316. The van der Waals surface area contributed by atoms with Gasteiger partial charge in [0.05, 0.1) is 0 Å². The molecule has 0 bridgehead atoms. The van der Waals surface area contributed by atoms with Crippen LogP contribution in [0.4, 0.5) is 0 Å². The first-order valence-corrected chi connectivity index (χ1v) is 7.81. The molecule has 24 heavy (non-hydrogen) atoms. The molecule has 2 aromatic carbocycles. The Morgan fingerprint density at radius 1 is 1.12 bits per heavy atom. The number of rotatable bonds is 6. The Bertz CT molecular complexity index is 982. The van der Waals surface area contributed by atoms with Crippen molar-refractivity contribution >= 4 is 10.8 Å². The van der Waals surface area contributed by atoms with Crippen LogP contribution in [0.5, 0.6) is 5.75 Å². The van der Waals surface area contributed by atoms with Gasteiger partial charge in [0.2, 0.25) is 0 Å². The summed E-state index contributed by atoms with van der Waals surface area (Å²) in [6.45, 7) is 6.60. The molecule has 0 radical (unpaired) electrons. The van der Waals surface area contributed by atoms with E-state index in [0.717, 1.165) is 12.8 Å². The van der Waals surface area contributed by atoms with Gasteiger partial charge in [0.15, 0.2) is 0 Å². The van der Waals surface area contributed by atoms with E-state index in [-0.39, 0.29) is 10.8 Å². The van der Waals surface area contributed by atoms with Crippen molar-refractivity contribution in [2.45, 2.75) is 33.6 Å². The first-order chi connectivity index (χ1) is 11.4. The minimum absolute atomic E-state index is 0.217. The average molecular weight is 324 g/mol. The van der Waals surface area contributed by atoms with E-state index in [0.29, 0.717) is 12.4 Å². The van der Waals surface area contributed by atoms with Crippen LogP contribution in [0.3, 0.4) is 0 Å². The van der Waals surface area contributed by atoms with Gasteiger partial charge in [-0.05, 0) is 57.9 Å². The van der Waals surface area contributed by atoms with Crippen LogP contribution in [-0.4, -0.2) is 11.4 Å². The third-order valence-corrected chi connectivity index (χ3v) is 3.78. The lowest BCUT2D eigenvalue weighted by Crippen LogP contribution is -2.32. The van der Waals surface area contributed by atoms with E-state index >= 15 is 0 Å². The summed E-state index contributed by atoms with van der Waals surface area (Å²) in [6.07, 6.45) is 6.17. The summed E-state index contributed by atoms with van der Waals surface area (Å²) >= 11 is 0. The van der Waals surface area contributed by atoms with Crippen molar-refractivity contribution in [3.63, 3.8) is 0 Å². The molecule has 0 heterocycles. The Morgan fingerprint density at radius 3 is 2.50 bits per heavy atom. The number of fused-ring (bicyclic) bond motifs is 1. The maximum atomic E-state index is 12.0. The minimum atomic E-state index is -0.573. The molecule has 0 aliphatic carbocycles. The van der Waals surface area contributed by atoms with Gasteiger partial charge in [0.25, 0.3) is 10.9 Å². The molecule has 5 nitrogen and oxygen atoms in total. The van der Waals surface area contributed by atoms with Gasteiger partial charge >= 0.3 is 5.36 Å². The molecule has 0 saturated carbocycles. The zero-order valence-electron chi connectivity index (χ0n) is 14.1. The smallest absolute Gasteiger partial charge is 0.410 e. The number of ether oxygens (including phenoxy) is 1. The molecule has 2 aromatic rings. The zero-order valence-corrected chi connectivity index (χ0v) is 14.1. The molecule has 2 rings (SSSR count). The molecule has 0 N–H and O–H groups in total. The highest BCUT2D eigenvalue weighted by atomic mass is 16.5. The van der Waals surface area contributed by atoms with Crippen molar-refractivity contribution in [2.75, 3.05) is 6.61 Å². The highest BCUT2D eigenvalue weighted by molar-refractivity contribution is 5.84. The number of nitrogens with zero attached hydrogens (tertiary/aromatic N) is 2. The van der Waals surface area contributed by atoms with Crippen LogP contribution in [0.25, 0.3) is 16.3 Å². The van der Waals surface area contributed by atoms with Crippen LogP contribution in [0, 0.1) is 0 Å². The molecule has 0 aromatic heterocycles. The van der Waals surface area contributed by atoms with Gasteiger partial charge in [-0.2, -0.15) is 4.79 Å². The van der Waals surface area contributed by atoms with Crippen LogP contribution in [0.15, 0.2) is 51.1 Å². The van der Waals surface area contributed by atoms with Crippen molar-refractivity contribution in [3.05, 3.63) is 72.8 Å². The normalized spacial score (nSPS) is 11.4. The number of hydrogen-bond acceptors (Lipinski definition) is 3. The fourth-order valence-corrected chi connectivity index (χ4v) is 2.42. The molecule has 0 fully saturated rings. The van der Waals surface area contributed by atoms with Crippen molar-refractivity contribution in [1.29, 1.82) is 0 Å². The zero-order chi connectivity index (χ0) is 17.7. The molecule has 0 aliphatic rings. The van der Waals surface area contributed by atoms with Crippen molar-refractivity contribution in [3.8, 4) is 5.75 Å². The van der Waals surface area contributed by atoms with Crippen LogP contribution in [0.2, 0.25) is 0 Å². The second-order valence-corrected chi connectivity index (χ2v) is 6.00. The van der Waals surface area contributed by atoms with Crippen LogP contribution < -0.4 is 21.0 Å². The number of hydrogen-bond donors (Lipinski definition) is 0. The largest absolute Gasteiger partial charge is 0.490 e. The Kier molecular flexibility index (Phi) is 5.61. The fourth-order valence-electron chi connectivity index (χ4n) is 2.42. The van der Waals surface area contributed by atoms with Gasteiger partial charge in [-0.3, -0.25) is 9.59 Å². The van der Waals surface area contributed by atoms with Gasteiger partial charge in [-0.25, -0.2) is 0 Å². The topological polar surface area (TPSA) is 79.8 Å². The summed E-state index contributed by atoms with van der Waals surface area (Å²) in [5.74, 6) is 0.502. The quantitative estimate of drug-likeness (QED) is 0.465. The lowest BCUT2D eigenvalue weighted by atomic mass is 10.1. The molecule has 0 spiro atoms. The highest BCUT2D eigenvalue weighted by Crippen LogP contribution is 2.16. The molecular weight excluding hydrogens is 304 g/mol. The predicted molar refractivity (Wildman–Crippen MR) is 93.5 cm³/mol. The molecule has 5 heteroatoms. The minimum Gasteiger partial charge on any atom is -0.490 e. The molecule has 0 atom stereocenters. The van der Waals surface area contributed by atoms with E-state index in [1.165, 1.54) is 23.3 Å². The molecule has 124 valence electrons. The summed E-state index contributed by atoms with van der Waals surface area (Å²) in [5.41, 5.74) is 10.2. The van der Waals surface area contributed by atoms with E-state index < -0.39 is 16.2 Å². The van der Waals surface area contributed by atoms with Crippen LogP contribution >= 0.6 is 0 Å². The van der Waals surface area contributed by atoms with Crippen molar-refractivity contribution < 1.29 is 9.53 Å². The SMILES string of the molecule is CC(C)=CCC/C(C)=C/COc1ccc2c(=O)c(=[N+]=[N-])c(=O)c2c1. The van der Waals surface area contributed by atoms with E-state index in [4.69, 9.17) is 10.3 Å². The summed E-state index contributed by atoms with van der Waals surface area (Å²) in [6, 6.07) is 4.67. The second-order valence-electron chi connectivity index (χ2n) is 6.00. The first-order valence-electron chi connectivity index (χ1n) is 7.81. The van der Waals surface area contributed by atoms with Crippen LogP contribution in [0.1, 0.15) is 33.6 Å². The molecule has 0 aliphatic heterocycles. The summed E-state index contributed by atoms with van der Waals surface area (Å²) in [5, 5.41) is 0.0142. The monoisotopic (exact) mass is 324 g/mol. The van der Waals surface area contributed by atoms with Crippen molar-refractivity contribution in [2.24, 2.45) is 0 Å². The third-order valence-electron chi connectivity index (χ3n) is 3.78. The summed E-state index contributed by atoms with van der Waals surface area (Å²) in [4.78, 5) is 26.6. The Labute approximate surface area is 139 Å². The Hall–Kier alpha value is -2.78. The third kappa shape index (κ3) is 3.94.